The van der Waals surface area contributed by atoms with Gasteiger partial charge in [0.2, 0.25) is 0 Å². The summed E-state index contributed by atoms with van der Waals surface area (Å²) < 4.78 is 5.96. The Balaban J connectivity index is 1.96. The third-order valence-corrected chi connectivity index (χ3v) is 4.02. The van der Waals surface area contributed by atoms with Gasteiger partial charge in [-0.1, -0.05) is 30.3 Å². The van der Waals surface area contributed by atoms with Crippen LogP contribution in [0.25, 0.3) is 0 Å². The van der Waals surface area contributed by atoms with Crippen molar-refractivity contribution in [2.45, 2.75) is 13.0 Å². The number of anilines is 1. The molecule has 1 aliphatic rings. The minimum absolute atomic E-state index is 0.0510. The van der Waals surface area contributed by atoms with Crippen molar-refractivity contribution >= 4 is 11.6 Å². The summed E-state index contributed by atoms with van der Waals surface area (Å²) in [5, 5.41) is 0. The van der Waals surface area contributed by atoms with Gasteiger partial charge in [0.15, 0.2) is 0 Å². The van der Waals surface area contributed by atoms with Crippen molar-refractivity contribution in [1.29, 1.82) is 0 Å². The van der Waals surface area contributed by atoms with Gasteiger partial charge >= 0.3 is 0 Å². The monoisotopic (exact) mass is 310 g/mol. The minimum Gasteiger partial charge on any atom is -0.487 e. The molecule has 120 valence electrons. The van der Waals surface area contributed by atoms with E-state index >= 15 is 0 Å². The standard InChI is InChI=1S/C19H22N2O2/c1-20(2)12-7-13-21-17-10-5-6-11-18(17)23-14-15-8-3-4-9-16(15)19(21)22/h3-6,8-11H,7,12-14H2,1-2H3. The summed E-state index contributed by atoms with van der Waals surface area (Å²) in [7, 11) is 4.09. The smallest absolute Gasteiger partial charge is 0.258 e. The molecule has 0 saturated carbocycles. The van der Waals surface area contributed by atoms with Crippen molar-refractivity contribution < 1.29 is 9.53 Å². The van der Waals surface area contributed by atoms with Gasteiger partial charge in [0, 0.05) is 17.7 Å². The number of carbonyl (C=O) groups is 1. The molecular weight excluding hydrogens is 288 g/mol. The number of hydrogen-bond donors (Lipinski definition) is 0. The third-order valence-electron chi connectivity index (χ3n) is 4.02. The molecule has 2 aromatic carbocycles. The first kappa shape index (κ1) is 15.6. The molecule has 23 heavy (non-hydrogen) atoms. The number of rotatable bonds is 4. The Morgan fingerprint density at radius 1 is 1.09 bits per heavy atom. The Morgan fingerprint density at radius 3 is 2.65 bits per heavy atom. The van der Waals surface area contributed by atoms with Gasteiger partial charge in [0.1, 0.15) is 12.4 Å². The predicted molar refractivity (Wildman–Crippen MR) is 92.1 cm³/mol. The van der Waals surface area contributed by atoms with Gasteiger partial charge < -0.3 is 14.5 Å². The molecule has 4 heteroatoms. The van der Waals surface area contributed by atoms with Gasteiger partial charge in [-0.25, -0.2) is 0 Å². The molecule has 0 aliphatic carbocycles. The van der Waals surface area contributed by atoms with Crippen LogP contribution in [-0.2, 0) is 6.61 Å². The second kappa shape index (κ2) is 6.84. The maximum absolute atomic E-state index is 13.1. The quantitative estimate of drug-likeness (QED) is 0.869. The maximum Gasteiger partial charge on any atom is 0.258 e. The molecule has 0 aromatic heterocycles. The molecule has 0 unspecified atom stereocenters. The Kier molecular flexibility index (Phi) is 4.63. The van der Waals surface area contributed by atoms with E-state index in [1.165, 1.54) is 0 Å². The Hall–Kier alpha value is -2.33. The highest BCUT2D eigenvalue weighted by molar-refractivity contribution is 6.08. The summed E-state index contributed by atoms with van der Waals surface area (Å²) >= 11 is 0. The molecular formula is C19H22N2O2. The molecule has 1 amide bonds. The summed E-state index contributed by atoms with van der Waals surface area (Å²) in [6, 6.07) is 15.5. The molecule has 0 radical (unpaired) electrons. The minimum atomic E-state index is 0.0510. The van der Waals surface area contributed by atoms with Crippen LogP contribution in [0, 0.1) is 0 Å². The van der Waals surface area contributed by atoms with Crippen LogP contribution in [0.5, 0.6) is 5.75 Å². The van der Waals surface area contributed by atoms with Gasteiger partial charge in [0.25, 0.3) is 5.91 Å². The highest BCUT2D eigenvalue weighted by Gasteiger charge is 2.25. The summed E-state index contributed by atoms with van der Waals surface area (Å²) in [6.45, 7) is 2.03. The van der Waals surface area contributed by atoms with Crippen LogP contribution < -0.4 is 9.64 Å². The van der Waals surface area contributed by atoms with Crippen LogP contribution in [0.15, 0.2) is 48.5 Å². The first-order valence-corrected chi connectivity index (χ1v) is 7.93. The van der Waals surface area contributed by atoms with Crippen LogP contribution in [0.3, 0.4) is 0 Å². The van der Waals surface area contributed by atoms with E-state index in [1.54, 1.807) is 0 Å². The van der Waals surface area contributed by atoms with Crippen molar-refractivity contribution in [1.82, 2.24) is 4.90 Å². The third kappa shape index (κ3) is 3.37. The first-order chi connectivity index (χ1) is 11.2. The van der Waals surface area contributed by atoms with Gasteiger partial charge in [-0.15, -0.1) is 0 Å². The van der Waals surface area contributed by atoms with Gasteiger partial charge in [-0.2, -0.15) is 0 Å². The summed E-state index contributed by atoms with van der Waals surface area (Å²) in [5.74, 6) is 0.815. The average molecular weight is 310 g/mol. The lowest BCUT2D eigenvalue weighted by atomic mass is 10.0. The fourth-order valence-corrected chi connectivity index (χ4v) is 2.83. The number of benzene rings is 2. The van der Waals surface area contributed by atoms with E-state index in [2.05, 4.69) is 4.90 Å². The Labute approximate surface area is 137 Å². The fourth-order valence-electron chi connectivity index (χ4n) is 2.83. The molecule has 1 aliphatic heterocycles. The zero-order valence-corrected chi connectivity index (χ0v) is 13.7. The van der Waals surface area contributed by atoms with E-state index in [-0.39, 0.29) is 5.91 Å². The number of hydrogen-bond acceptors (Lipinski definition) is 3. The second-order valence-electron chi connectivity index (χ2n) is 6.03. The number of nitrogens with zero attached hydrogens (tertiary/aromatic N) is 2. The topological polar surface area (TPSA) is 32.8 Å². The van der Waals surface area contributed by atoms with Gasteiger partial charge in [-0.3, -0.25) is 4.79 Å². The summed E-state index contributed by atoms with van der Waals surface area (Å²) in [4.78, 5) is 17.1. The van der Waals surface area contributed by atoms with E-state index < -0.39 is 0 Å². The molecule has 4 nitrogen and oxygen atoms in total. The lowest BCUT2D eigenvalue weighted by molar-refractivity contribution is 0.0980. The lowest BCUT2D eigenvalue weighted by Crippen LogP contribution is -2.35. The largest absolute Gasteiger partial charge is 0.487 e. The van der Waals surface area contributed by atoms with E-state index in [1.807, 2.05) is 67.5 Å². The highest BCUT2D eigenvalue weighted by Crippen LogP contribution is 2.32. The van der Waals surface area contributed by atoms with Crippen molar-refractivity contribution in [3.8, 4) is 5.75 Å². The second-order valence-corrected chi connectivity index (χ2v) is 6.03. The zero-order valence-electron chi connectivity index (χ0n) is 13.7. The van der Waals surface area contributed by atoms with E-state index in [0.717, 1.165) is 35.5 Å². The highest BCUT2D eigenvalue weighted by atomic mass is 16.5. The number of amides is 1. The van der Waals surface area contributed by atoms with E-state index in [9.17, 15) is 4.79 Å². The molecule has 0 atom stereocenters. The fraction of sp³-hybridized carbons (Fsp3) is 0.316. The molecule has 3 rings (SSSR count). The van der Waals surface area contributed by atoms with Crippen molar-refractivity contribution in [3.63, 3.8) is 0 Å². The molecule has 0 bridgehead atoms. The number of fused-ring (bicyclic) bond motifs is 2. The van der Waals surface area contributed by atoms with Crippen molar-refractivity contribution in [2.75, 3.05) is 32.1 Å². The van der Waals surface area contributed by atoms with Crippen LogP contribution in [0.2, 0.25) is 0 Å². The summed E-state index contributed by atoms with van der Waals surface area (Å²) in [5.41, 5.74) is 2.52. The Morgan fingerprint density at radius 2 is 1.83 bits per heavy atom. The molecule has 0 N–H and O–H groups in total. The van der Waals surface area contributed by atoms with Crippen molar-refractivity contribution in [3.05, 3.63) is 59.7 Å². The summed E-state index contributed by atoms with van der Waals surface area (Å²) in [6.07, 6.45) is 0.912. The normalized spacial score (nSPS) is 13.9. The molecule has 0 spiro atoms. The van der Waals surface area contributed by atoms with E-state index in [4.69, 9.17) is 4.74 Å². The van der Waals surface area contributed by atoms with E-state index in [0.29, 0.717) is 13.2 Å². The van der Waals surface area contributed by atoms with Crippen LogP contribution >= 0.6 is 0 Å². The maximum atomic E-state index is 13.1. The molecule has 1 heterocycles. The number of ether oxygens (including phenoxy) is 1. The average Bonchev–Trinajstić information content (AvgIpc) is 2.56. The van der Waals surface area contributed by atoms with Gasteiger partial charge in [0.05, 0.1) is 5.69 Å². The molecule has 0 fully saturated rings. The zero-order chi connectivity index (χ0) is 16.2. The Bertz CT molecular complexity index is 697. The van der Waals surface area contributed by atoms with Crippen molar-refractivity contribution in [2.24, 2.45) is 0 Å². The molecule has 0 saturated heterocycles. The van der Waals surface area contributed by atoms with Gasteiger partial charge in [-0.05, 0) is 45.3 Å². The first-order valence-electron chi connectivity index (χ1n) is 7.93. The SMILES string of the molecule is CN(C)CCCN1C(=O)c2ccccc2COc2ccccc21. The number of para-hydroxylation sites is 2. The molecule has 2 aromatic rings. The van der Waals surface area contributed by atoms with Crippen LogP contribution in [-0.4, -0.2) is 38.0 Å². The predicted octanol–water partition coefficient (Wildman–Crippen LogP) is 3.18. The number of carbonyl (C=O) groups excluding carboxylic acids is 1. The lowest BCUT2D eigenvalue weighted by Gasteiger charge is -2.28. The van der Waals surface area contributed by atoms with Crippen LogP contribution in [0.4, 0.5) is 5.69 Å². The van der Waals surface area contributed by atoms with Crippen LogP contribution in [0.1, 0.15) is 22.3 Å².